The second-order valence-electron chi connectivity index (χ2n) is 4.60. The smallest absolute Gasteiger partial charge is 0.266 e. The molecule has 0 atom stereocenters. The lowest BCUT2D eigenvalue weighted by molar-refractivity contribution is -0.305. The van der Waals surface area contributed by atoms with Crippen molar-refractivity contribution in [2.45, 2.75) is 12.8 Å². The van der Waals surface area contributed by atoms with Crippen molar-refractivity contribution in [2.75, 3.05) is 6.54 Å². The number of thioether (sulfide) groups is 1. The third kappa shape index (κ3) is 4.54. The van der Waals surface area contributed by atoms with Gasteiger partial charge in [-0.1, -0.05) is 66.5 Å². The quantitative estimate of drug-likeness (QED) is 0.589. The molecule has 0 bridgehead atoms. The van der Waals surface area contributed by atoms with E-state index in [1.165, 1.54) is 16.7 Å². The van der Waals surface area contributed by atoms with Gasteiger partial charge in [0.05, 0.1) is 4.91 Å². The summed E-state index contributed by atoms with van der Waals surface area (Å²) < 4.78 is 0.461. The van der Waals surface area contributed by atoms with Gasteiger partial charge in [-0.2, -0.15) is 0 Å². The molecular weight excluding hydrogens is 318 g/mol. The number of thiocarbonyl (C=S) groups is 1. The van der Waals surface area contributed by atoms with E-state index in [0.29, 0.717) is 22.2 Å². The summed E-state index contributed by atoms with van der Waals surface area (Å²) in [5, 5.41) is 10.4. The average Bonchev–Trinajstić information content (AvgIpc) is 2.76. The molecule has 0 aromatic heterocycles. The molecule has 1 heterocycles. The molecule has 0 saturated carbocycles. The van der Waals surface area contributed by atoms with Gasteiger partial charge in [-0.3, -0.25) is 9.69 Å². The summed E-state index contributed by atoms with van der Waals surface area (Å²) in [5.74, 6) is -1.29. The standard InChI is InChI=1S/C16H15NO3S2/c18-14(19)10-5-11-17-15(20)13(22-16(17)21)9-4-8-12-6-2-1-3-7-12/h1-4,6-9H,5,10-11H2,(H,18,19)/p-1. The number of aliphatic carboxylic acids is 1. The molecule has 114 valence electrons. The van der Waals surface area contributed by atoms with Crippen molar-refractivity contribution < 1.29 is 14.7 Å². The highest BCUT2D eigenvalue weighted by atomic mass is 32.2. The summed E-state index contributed by atoms with van der Waals surface area (Å²) in [5.41, 5.74) is 1.04. The summed E-state index contributed by atoms with van der Waals surface area (Å²) in [6.45, 7) is 0.304. The highest BCUT2D eigenvalue weighted by molar-refractivity contribution is 8.26. The van der Waals surface area contributed by atoms with E-state index in [2.05, 4.69) is 0 Å². The SMILES string of the molecule is O=C([O-])CCCN1C(=O)C(=CC=Cc2ccccc2)SC1=S. The number of hydrogen-bond acceptors (Lipinski definition) is 5. The lowest BCUT2D eigenvalue weighted by atomic mass is 10.2. The minimum Gasteiger partial charge on any atom is -0.550 e. The van der Waals surface area contributed by atoms with Crippen molar-refractivity contribution in [2.24, 2.45) is 0 Å². The maximum atomic E-state index is 12.2. The Hall–Kier alpha value is -1.92. The molecule has 0 radical (unpaired) electrons. The topological polar surface area (TPSA) is 60.4 Å². The van der Waals surface area contributed by atoms with Crippen molar-refractivity contribution in [3.05, 3.63) is 53.0 Å². The third-order valence-electron chi connectivity index (χ3n) is 2.97. The van der Waals surface area contributed by atoms with Gasteiger partial charge in [0, 0.05) is 12.5 Å². The summed E-state index contributed by atoms with van der Waals surface area (Å²) in [7, 11) is 0. The van der Waals surface area contributed by atoms with E-state index in [1.54, 1.807) is 6.08 Å². The second kappa shape index (κ2) is 7.91. The van der Waals surface area contributed by atoms with Gasteiger partial charge in [0.15, 0.2) is 0 Å². The Kier molecular flexibility index (Phi) is 5.91. The van der Waals surface area contributed by atoms with Crippen LogP contribution in [0.4, 0.5) is 0 Å². The normalized spacial score (nSPS) is 16.9. The van der Waals surface area contributed by atoms with Gasteiger partial charge in [0.2, 0.25) is 0 Å². The molecule has 22 heavy (non-hydrogen) atoms. The minimum atomic E-state index is -1.12. The molecule has 4 nitrogen and oxygen atoms in total. The molecule has 6 heteroatoms. The Bertz CT molecular complexity index is 638. The largest absolute Gasteiger partial charge is 0.550 e. The van der Waals surface area contributed by atoms with Crippen LogP contribution >= 0.6 is 24.0 Å². The van der Waals surface area contributed by atoms with E-state index in [0.717, 1.165) is 5.56 Å². The Morgan fingerprint density at radius 1 is 1.32 bits per heavy atom. The van der Waals surface area contributed by atoms with Gasteiger partial charge in [-0.05, 0) is 24.5 Å². The molecule has 0 N–H and O–H groups in total. The van der Waals surface area contributed by atoms with Gasteiger partial charge in [-0.15, -0.1) is 0 Å². The summed E-state index contributed by atoms with van der Waals surface area (Å²) >= 11 is 6.39. The number of allylic oxidation sites excluding steroid dienone is 2. The van der Waals surface area contributed by atoms with Crippen LogP contribution < -0.4 is 5.11 Å². The first-order valence-electron chi connectivity index (χ1n) is 6.75. The fourth-order valence-corrected chi connectivity index (χ4v) is 3.16. The molecule has 0 unspecified atom stereocenters. The lowest BCUT2D eigenvalue weighted by Crippen LogP contribution is -2.30. The van der Waals surface area contributed by atoms with E-state index in [9.17, 15) is 14.7 Å². The first-order valence-corrected chi connectivity index (χ1v) is 7.97. The van der Waals surface area contributed by atoms with Crippen LogP contribution in [-0.2, 0) is 9.59 Å². The van der Waals surface area contributed by atoms with Crippen LogP contribution in [0.25, 0.3) is 6.08 Å². The van der Waals surface area contributed by atoms with E-state index in [1.807, 2.05) is 42.5 Å². The van der Waals surface area contributed by atoms with Crippen molar-refractivity contribution >= 4 is 46.3 Å². The van der Waals surface area contributed by atoms with Crippen molar-refractivity contribution in [3.8, 4) is 0 Å². The molecule has 0 aliphatic carbocycles. The molecule has 0 spiro atoms. The Morgan fingerprint density at radius 3 is 2.73 bits per heavy atom. The van der Waals surface area contributed by atoms with Crippen LogP contribution in [0.1, 0.15) is 18.4 Å². The minimum absolute atomic E-state index is 0.0793. The van der Waals surface area contributed by atoms with Gasteiger partial charge in [0.1, 0.15) is 4.32 Å². The van der Waals surface area contributed by atoms with Crippen LogP contribution in [0.5, 0.6) is 0 Å². The molecule has 1 aliphatic rings. The molecule has 1 aliphatic heterocycles. The summed E-state index contributed by atoms with van der Waals surface area (Å²) in [6.07, 6.45) is 5.70. The number of carboxylic acids is 1. The maximum absolute atomic E-state index is 12.2. The first-order chi connectivity index (χ1) is 10.6. The van der Waals surface area contributed by atoms with Gasteiger partial charge >= 0.3 is 0 Å². The summed E-state index contributed by atoms with van der Waals surface area (Å²) in [6, 6.07) is 9.76. The number of amides is 1. The van der Waals surface area contributed by atoms with Gasteiger partial charge in [-0.25, -0.2) is 0 Å². The fraction of sp³-hybridized carbons (Fsp3) is 0.188. The Balaban J connectivity index is 1.97. The number of carbonyl (C=O) groups is 2. The lowest BCUT2D eigenvalue weighted by Gasteiger charge is -2.14. The number of benzene rings is 1. The number of nitrogens with zero attached hydrogens (tertiary/aromatic N) is 1. The van der Waals surface area contributed by atoms with Crippen LogP contribution in [0.15, 0.2) is 47.4 Å². The fourth-order valence-electron chi connectivity index (χ4n) is 1.90. The van der Waals surface area contributed by atoms with Gasteiger partial charge < -0.3 is 9.90 Å². The molecule has 2 rings (SSSR count). The molecule has 1 fully saturated rings. The predicted molar refractivity (Wildman–Crippen MR) is 89.7 cm³/mol. The monoisotopic (exact) mass is 332 g/mol. The molecule has 1 amide bonds. The molecular formula is C16H14NO3S2-. The first kappa shape index (κ1) is 16.5. The number of rotatable bonds is 6. The van der Waals surface area contributed by atoms with E-state index in [4.69, 9.17) is 12.2 Å². The number of carboxylic acid groups (broad SMARTS) is 1. The van der Waals surface area contributed by atoms with Crippen LogP contribution in [0.2, 0.25) is 0 Å². The van der Waals surface area contributed by atoms with Gasteiger partial charge in [0.25, 0.3) is 5.91 Å². The second-order valence-corrected chi connectivity index (χ2v) is 6.28. The zero-order chi connectivity index (χ0) is 15.9. The summed E-state index contributed by atoms with van der Waals surface area (Å²) in [4.78, 5) is 24.6. The average molecular weight is 332 g/mol. The highest BCUT2D eigenvalue weighted by Crippen LogP contribution is 2.31. The van der Waals surface area contributed by atoms with E-state index < -0.39 is 5.97 Å². The molecule has 1 aromatic carbocycles. The zero-order valence-corrected chi connectivity index (χ0v) is 13.4. The third-order valence-corrected chi connectivity index (χ3v) is 4.37. The zero-order valence-electron chi connectivity index (χ0n) is 11.7. The van der Waals surface area contributed by atoms with Crippen LogP contribution in [-0.4, -0.2) is 27.6 Å². The molecule has 1 saturated heterocycles. The highest BCUT2D eigenvalue weighted by Gasteiger charge is 2.30. The Morgan fingerprint density at radius 2 is 2.05 bits per heavy atom. The Labute approximate surface area is 138 Å². The van der Waals surface area contributed by atoms with Crippen LogP contribution in [0, 0.1) is 0 Å². The van der Waals surface area contributed by atoms with Crippen molar-refractivity contribution in [3.63, 3.8) is 0 Å². The van der Waals surface area contributed by atoms with Crippen molar-refractivity contribution in [1.29, 1.82) is 0 Å². The van der Waals surface area contributed by atoms with Crippen molar-refractivity contribution in [1.82, 2.24) is 4.90 Å². The van der Waals surface area contributed by atoms with E-state index >= 15 is 0 Å². The number of carbonyl (C=O) groups excluding carboxylic acids is 2. The predicted octanol–water partition coefficient (Wildman–Crippen LogP) is 1.97. The van der Waals surface area contributed by atoms with E-state index in [-0.39, 0.29) is 12.3 Å². The number of hydrogen-bond donors (Lipinski definition) is 0. The van der Waals surface area contributed by atoms with Crippen LogP contribution in [0.3, 0.4) is 0 Å². The maximum Gasteiger partial charge on any atom is 0.266 e. The molecule has 1 aromatic rings.